The largest absolute Gasteiger partial charge is 0.445 e. The summed E-state index contributed by atoms with van der Waals surface area (Å²) in [6.07, 6.45) is 5.76. The number of ether oxygens (including phenoxy) is 1. The Balaban J connectivity index is 1.49. The van der Waals surface area contributed by atoms with E-state index in [1.807, 2.05) is 30.3 Å². The van der Waals surface area contributed by atoms with Crippen LogP contribution in [0, 0.1) is 11.8 Å². The lowest BCUT2D eigenvalue weighted by Gasteiger charge is -2.38. The molecule has 3 rings (SSSR count). The summed E-state index contributed by atoms with van der Waals surface area (Å²) in [5.41, 5.74) is 0.944. The smallest absolute Gasteiger partial charge is 0.408 e. The Morgan fingerprint density at radius 1 is 1.14 bits per heavy atom. The number of alkyl carbamates (subject to hydrolysis) is 1. The number of amides is 1. The minimum Gasteiger partial charge on any atom is -0.445 e. The van der Waals surface area contributed by atoms with Gasteiger partial charge in [-0.05, 0) is 30.2 Å². The summed E-state index contributed by atoms with van der Waals surface area (Å²) in [4.78, 5) is 24.1. The predicted octanol–water partition coefficient (Wildman–Crippen LogP) is 3.45. The lowest BCUT2D eigenvalue weighted by Crippen LogP contribution is -2.47. The molecule has 0 radical (unpaired) electrons. The average Bonchev–Trinajstić information content (AvgIpc) is 2.55. The lowest BCUT2D eigenvalue weighted by molar-refractivity contribution is -0.125. The van der Waals surface area contributed by atoms with E-state index >= 15 is 0 Å². The second-order valence-electron chi connectivity index (χ2n) is 6.47. The first kappa shape index (κ1) is 15.1. The van der Waals surface area contributed by atoms with E-state index in [1.54, 1.807) is 0 Å². The number of ketones is 1. The van der Waals surface area contributed by atoms with Crippen LogP contribution in [0.1, 0.15) is 44.1 Å². The molecule has 3 atom stereocenters. The van der Waals surface area contributed by atoms with E-state index in [4.69, 9.17) is 4.74 Å². The molecule has 0 spiro atoms. The number of Topliss-reactive ketones (excluding diaryl/α,β-unsaturated/α-hetero) is 1. The average molecular weight is 301 g/mol. The molecule has 2 aliphatic carbocycles. The van der Waals surface area contributed by atoms with E-state index in [1.165, 1.54) is 25.7 Å². The Morgan fingerprint density at radius 3 is 2.64 bits per heavy atom. The molecule has 1 amide bonds. The molecule has 1 aromatic carbocycles. The molecule has 0 saturated heterocycles. The van der Waals surface area contributed by atoms with Gasteiger partial charge in [0.15, 0.2) is 5.78 Å². The Bertz CT molecular complexity index is 528. The number of fused-ring (bicyclic) bond motifs is 1. The van der Waals surface area contributed by atoms with E-state index in [2.05, 4.69) is 5.32 Å². The minimum atomic E-state index is -0.489. The van der Waals surface area contributed by atoms with Crippen molar-refractivity contribution in [3.05, 3.63) is 35.9 Å². The van der Waals surface area contributed by atoms with Crippen LogP contribution >= 0.6 is 0 Å². The Hall–Kier alpha value is -1.84. The second kappa shape index (κ2) is 6.95. The minimum absolute atomic E-state index is 0.166. The second-order valence-corrected chi connectivity index (χ2v) is 6.47. The molecule has 0 heterocycles. The summed E-state index contributed by atoms with van der Waals surface area (Å²) >= 11 is 0. The Morgan fingerprint density at radius 2 is 1.86 bits per heavy atom. The summed E-state index contributed by atoms with van der Waals surface area (Å²) in [5.74, 6) is 1.30. The third-order valence-corrected chi connectivity index (χ3v) is 4.96. The number of hydrogen-bond donors (Lipinski definition) is 1. The molecule has 0 aliphatic heterocycles. The van der Waals surface area contributed by atoms with Gasteiger partial charge >= 0.3 is 6.09 Å². The first-order chi connectivity index (χ1) is 10.7. The summed E-state index contributed by atoms with van der Waals surface area (Å²) in [5, 5.41) is 2.76. The van der Waals surface area contributed by atoms with Gasteiger partial charge < -0.3 is 10.1 Å². The van der Waals surface area contributed by atoms with Gasteiger partial charge in [-0.1, -0.05) is 49.6 Å². The van der Waals surface area contributed by atoms with Crippen molar-refractivity contribution in [2.24, 2.45) is 11.8 Å². The van der Waals surface area contributed by atoms with Crippen molar-refractivity contribution in [1.29, 1.82) is 0 Å². The van der Waals surface area contributed by atoms with E-state index in [-0.39, 0.29) is 18.4 Å². The normalized spacial score (nSPS) is 27.8. The van der Waals surface area contributed by atoms with Crippen LogP contribution in [0.15, 0.2) is 30.3 Å². The summed E-state index contributed by atoms with van der Waals surface area (Å²) in [6, 6.07) is 9.19. The molecule has 0 unspecified atom stereocenters. The van der Waals surface area contributed by atoms with Crippen LogP contribution in [0.4, 0.5) is 4.79 Å². The maximum Gasteiger partial charge on any atom is 0.408 e. The molecular formula is C18H23NO3. The van der Waals surface area contributed by atoms with Crippen molar-refractivity contribution in [1.82, 2.24) is 5.32 Å². The van der Waals surface area contributed by atoms with Gasteiger partial charge in [0.2, 0.25) is 0 Å². The maximum absolute atomic E-state index is 12.2. The first-order valence-corrected chi connectivity index (χ1v) is 8.22. The van der Waals surface area contributed by atoms with Crippen molar-refractivity contribution in [3.8, 4) is 0 Å². The van der Waals surface area contributed by atoms with Crippen LogP contribution in [0.25, 0.3) is 0 Å². The highest BCUT2D eigenvalue weighted by Gasteiger charge is 2.37. The SMILES string of the molecule is O=C(N[C@@H]1C[C@@H]2CCCC[C@@H]2CC1=O)OCc1ccccc1. The highest BCUT2D eigenvalue weighted by molar-refractivity contribution is 5.88. The predicted molar refractivity (Wildman–Crippen MR) is 83.2 cm³/mol. The van der Waals surface area contributed by atoms with Gasteiger partial charge in [0.05, 0.1) is 6.04 Å². The van der Waals surface area contributed by atoms with Gasteiger partial charge in [-0.15, -0.1) is 0 Å². The summed E-state index contributed by atoms with van der Waals surface area (Å²) in [6.45, 7) is 0.236. The van der Waals surface area contributed by atoms with E-state index in [0.717, 1.165) is 12.0 Å². The molecule has 4 heteroatoms. The van der Waals surface area contributed by atoms with Crippen molar-refractivity contribution in [3.63, 3.8) is 0 Å². The Kier molecular flexibility index (Phi) is 4.76. The Labute approximate surface area is 131 Å². The zero-order chi connectivity index (χ0) is 15.4. The summed E-state index contributed by atoms with van der Waals surface area (Å²) < 4.78 is 5.21. The zero-order valence-corrected chi connectivity index (χ0v) is 12.8. The number of rotatable bonds is 3. The number of hydrogen-bond acceptors (Lipinski definition) is 3. The van der Waals surface area contributed by atoms with Crippen LogP contribution in [0.3, 0.4) is 0 Å². The number of carbonyl (C=O) groups excluding carboxylic acids is 2. The van der Waals surface area contributed by atoms with Gasteiger partial charge in [0.25, 0.3) is 0 Å². The van der Waals surface area contributed by atoms with E-state index in [0.29, 0.717) is 18.3 Å². The monoisotopic (exact) mass is 301 g/mol. The van der Waals surface area contributed by atoms with Crippen LogP contribution in [0.2, 0.25) is 0 Å². The van der Waals surface area contributed by atoms with Crippen molar-refractivity contribution in [2.45, 2.75) is 51.2 Å². The molecule has 1 aromatic rings. The molecule has 2 aliphatic rings. The molecule has 22 heavy (non-hydrogen) atoms. The van der Waals surface area contributed by atoms with Crippen LogP contribution in [-0.4, -0.2) is 17.9 Å². The third kappa shape index (κ3) is 3.67. The van der Waals surface area contributed by atoms with Crippen molar-refractivity contribution in [2.75, 3.05) is 0 Å². The molecule has 0 aromatic heterocycles. The van der Waals surface area contributed by atoms with Gasteiger partial charge in [-0.3, -0.25) is 4.79 Å². The topological polar surface area (TPSA) is 55.4 Å². The molecule has 118 valence electrons. The molecular weight excluding hydrogens is 278 g/mol. The first-order valence-electron chi connectivity index (χ1n) is 8.22. The molecule has 2 saturated carbocycles. The zero-order valence-electron chi connectivity index (χ0n) is 12.8. The fraction of sp³-hybridized carbons (Fsp3) is 0.556. The molecule has 4 nitrogen and oxygen atoms in total. The van der Waals surface area contributed by atoms with E-state index < -0.39 is 6.09 Å². The highest BCUT2D eigenvalue weighted by Crippen LogP contribution is 2.39. The van der Waals surface area contributed by atoms with E-state index in [9.17, 15) is 9.59 Å². The van der Waals surface area contributed by atoms with Crippen LogP contribution < -0.4 is 5.32 Å². The number of benzene rings is 1. The van der Waals surface area contributed by atoms with Crippen molar-refractivity contribution >= 4 is 11.9 Å². The summed E-state index contributed by atoms with van der Waals surface area (Å²) in [7, 11) is 0. The lowest BCUT2D eigenvalue weighted by atomic mass is 9.69. The number of carbonyl (C=O) groups is 2. The quantitative estimate of drug-likeness (QED) is 0.930. The molecule has 2 fully saturated rings. The van der Waals surface area contributed by atoms with Crippen LogP contribution in [-0.2, 0) is 16.1 Å². The molecule has 0 bridgehead atoms. The standard InChI is InChI=1S/C18H23NO3/c20-17-11-15-9-5-4-8-14(15)10-16(17)19-18(21)22-12-13-6-2-1-3-7-13/h1-3,6-7,14-16H,4-5,8-12H2,(H,19,21)/t14-,15+,16+/m0/s1. The van der Waals surface area contributed by atoms with Gasteiger partial charge in [-0.25, -0.2) is 4.79 Å². The number of nitrogens with one attached hydrogen (secondary N) is 1. The van der Waals surface area contributed by atoms with Crippen molar-refractivity contribution < 1.29 is 14.3 Å². The van der Waals surface area contributed by atoms with Gasteiger partial charge in [0, 0.05) is 6.42 Å². The highest BCUT2D eigenvalue weighted by atomic mass is 16.5. The molecule has 1 N–H and O–H groups in total. The van der Waals surface area contributed by atoms with Crippen LogP contribution in [0.5, 0.6) is 0 Å². The van der Waals surface area contributed by atoms with Gasteiger partial charge in [-0.2, -0.15) is 0 Å². The maximum atomic E-state index is 12.2. The fourth-order valence-corrected chi connectivity index (χ4v) is 3.74. The third-order valence-electron chi connectivity index (χ3n) is 4.96. The van der Waals surface area contributed by atoms with Gasteiger partial charge in [0.1, 0.15) is 6.61 Å². The fourth-order valence-electron chi connectivity index (χ4n) is 3.74.